The second-order valence-electron chi connectivity index (χ2n) is 6.33. The molecule has 3 heteroatoms. The summed E-state index contributed by atoms with van der Waals surface area (Å²) < 4.78 is 0. The van der Waals surface area contributed by atoms with Crippen LogP contribution in [0.25, 0.3) is 0 Å². The number of benzene rings is 1. The highest BCUT2D eigenvalue weighted by Gasteiger charge is 2.17. The number of hydrogen-bond donors (Lipinski definition) is 0. The van der Waals surface area contributed by atoms with Crippen molar-refractivity contribution in [2.24, 2.45) is 0 Å². The van der Waals surface area contributed by atoms with Crippen LogP contribution in [-0.2, 0) is 11.2 Å². The van der Waals surface area contributed by atoms with Gasteiger partial charge in [0.05, 0.1) is 6.42 Å². The van der Waals surface area contributed by atoms with E-state index in [1.807, 2.05) is 4.90 Å². The molecule has 0 aromatic heterocycles. The van der Waals surface area contributed by atoms with Gasteiger partial charge in [0.1, 0.15) is 0 Å². The molecule has 21 heavy (non-hydrogen) atoms. The van der Waals surface area contributed by atoms with Gasteiger partial charge in [0, 0.05) is 31.9 Å². The molecular formula is C18H26N2O. The predicted molar refractivity (Wildman–Crippen MR) is 86.6 cm³/mol. The van der Waals surface area contributed by atoms with Crippen molar-refractivity contribution >= 4 is 11.6 Å². The van der Waals surface area contributed by atoms with Crippen LogP contribution in [0.3, 0.4) is 0 Å². The summed E-state index contributed by atoms with van der Waals surface area (Å²) in [5.74, 6) is 0.292. The summed E-state index contributed by atoms with van der Waals surface area (Å²) in [5, 5.41) is 0. The van der Waals surface area contributed by atoms with Gasteiger partial charge in [-0.15, -0.1) is 0 Å². The zero-order valence-electron chi connectivity index (χ0n) is 12.9. The molecule has 1 aromatic carbocycles. The van der Waals surface area contributed by atoms with Crippen LogP contribution in [-0.4, -0.2) is 37.0 Å². The number of amides is 1. The quantitative estimate of drug-likeness (QED) is 0.851. The lowest BCUT2D eigenvalue weighted by atomic mass is 10.1. The van der Waals surface area contributed by atoms with Crippen LogP contribution in [0.1, 0.15) is 44.1 Å². The molecular weight excluding hydrogens is 260 g/mol. The summed E-state index contributed by atoms with van der Waals surface area (Å²) in [4.78, 5) is 16.8. The van der Waals surface area contributed by atoms with E-state index in [1.54, 1.807) is 0 Å². The zero-order valence-corrected chi connectivity index (χ0v) is 12.9. The predicted octanol–water partition coefficient (Wildman–Crippen LogP) is 3.23. The van der Waals surface area contributed by atoms with E-state index in [2.05, 4.69) is 29.2 Å². The second-order valence-corrected chi connectivity index (χ2v) is 6.33. The molecule has 3 nitrogen and oxygen atoms in total. The van der Waals surface area contributed by atoms with Crippen LogP contribution in [0.15, 0.2) is 24.3 Å². The first-order valence-corrected chi connectivity index (χ1v) is 8.44. The number of carbonyl (C=O) groups is 1. The highest BCUT2D eigenvalue weighted by molar-refractivity contribution is 5.79. The Hall–Kier alpha value is -1.51. The first kappa shape index (κ1) is 14.4. The molecule has 3 rings (SSSR count). The van der Waals surface area contributed by atoms with Gasteiger partial charge in [-0.05, 0) is 56.2 Å². The molecule has 114 valence electrons. The molecule has 2 saturated heterocycles. The van der Waals surface area contributed by atoms with Crippen molar-refractivity contribution in [2.75, 3.05) is 31.1 Å². The van der Waals surface area contributed by atoms with Crippen molar-refractivity contribution in [3.8, 4) is 0 Å². The van der Waals surface area contributed by atoms with Gasteiger partial charge in [-0.1, -0.05) is 12.1 Å². The number of hydrogen-bond acceptors (Lipinski definition) is 2. The highest BCUT2D eigenvalue weighted by atomic mass is 16.2. The largest absolute Gasteiger partial charge is 0.372 e. The van der Waals surface area contributed by atoms with E-state index in [0.717, 1.165) is 18.7 Å². The lowest BCUT2D eigenvalue weighted by Crippen LogP contribution is -2.36. The fourth-order valence-corrected chi connectivity index (χ4v) is 3.41. The van der Waals surface area contributed by atoms with E-state index in [0.29, 0.717) is 12.3 Å². The van der Waals surface area contributed by atoms with Crippen LogP contribution in [0.4, 0.5) is 5.69 Å². The van der Waals surface area contributed by atoms with E-state index in [1.165, 1.54) is 57.3 Å². The third-order valence-electron chi connectivity index (χ3n) is 4.72. The third-order valence-corrected chi connectivity index (χ3v) is 4.72. The molecule has 2 fully saturated rings. The minimum Gasteiger partial charge on any atom is -0.372 e. The zero-order chi connectivity index (χ0) is 14.5. The van der Waals surface area contributed by atoms with Crippen molar-refractivity contribution in [1.82, 2.24) is 4.90 Å². The number of nitrogens with zero attached hydrogens (tertiary/aromatic N) is 2. The molecule has 0 unspecified atom stereocenters. The van der Waals surface area contributed by atoms with E-state index in [-0.39, 0.29) is 0 Å². The number of likely N-dealkylation sites (tertiary alicyclic amines) is 1. The van der Waals surface area contributed by atoms with E-state index < -0.39 is 0 Å². The van der Waals surface area contributed by atoms with Crippen molar-refractivity contribution in [3.05, 3.63) is 29.8 Å². The SMILES string of the molecule is O=C(Cc1ccc(N2CCCCC2)cc1)N1CCCCC1. The van der Waals surface area contributed by atoms with Crippen LogP contribution in [0.5, 0.6) is 0 Å². The molecule has 0 atom stereocenters. The normalized spacial score (nSPS) is 19.6. The smallest absolute Gasteiger partial charge is 0.226 e. The maximum Gasteiger partial charge on any atom is 0.226 e. The summed E-state index contributed by atoms with van der Waals surface area (Å²) in [6, 6.07) is 8.63. The van der Waals surface area contributed by atoms with Crippen LogP contribution >= 0.6 is 0 Å². The molecule has 0 N–H and O–H groups in total. The molecule has 2 aliphatic rings. The fourth-order valence-electron chi connectivity index (χ4n) is 3.41. The Bertz CT molecular complexity index is 457. The second kappa shape index (κ2) is 6.97. The summed E-state index contributed by atoms with van der Waals surface area (Å²) >= 11 is 0. The van der Waals surface area contributed by atoms with Crippen LogP contribution in [0, 0.1) is 0 Å². The minimum atomic E-state index is 0.292. The molecule has 0 spiro atoms. The average Bonchev–Trinajstić information content (AvgIpc) is 2.57. The highest BCUT2D eigenvalue weighted by Crippen LogP contribution is 2.20. The number of anilines is 1. The van der Waals surface area contributed by atoms with Gasteiger partial charge >= 0.3 is 0 Å². The molecule has 0 aliphatic carbocycles. The van der Waals surface area contributed by atoms with Crippen molar-refractivity contribution in [2.45, 2.75) is 44.9 Å². The van der Waals surface area contributed by atoms with E-state index in [9.17, 15) is 4.79 Å². The van der Waals surface area contributed by atoms with Crippen LogP contribution < -0.4 is 4.90 Å². The van der Waals surface area contributed by atoms with Crippen LogP contribution in [0.2, 0.25) is 0 Å². The molecule has 0 radical (unpaired) electrons. The molecule has 1 aromatic rings. The molecule has 1 amide bonds. The Balaban J connectivity index is 1.57. The van der Waals surface area contributed by atoms with Gasteiger partial charge in [-0.25, -0.2) is 0 Å². The monoisotopic (exact) mass is 286 g/mol. The van der Waals surface area contributed by atoms with Gasteiger partial charge in [0.2, 0.25) is 5.91 Å². The first-order valence-electron chi connectivity index (χ1n) is 8.44. The standard InChI is InChI=1S/C18H26N2O/c21-18(20-13-5-2-6-14-20)15-16-7-9-17(10-8-16)19-11-3-1-4-12-19/h7-10H,1-6,11-15H2. The van der Waals surface area contributed by atoms with Gasteiger partial charge in [-0.3, -0.25) is 4.79 Å². The summed E-state index contributed by atoms with van der Waals surface area (Å²) in [6.07, 6.45) is 8.12. The molecule has 0 saturated carbocycles. The van der Waals surface area contributed by atoms with Gasteiger partial charge in [-0.2, -0.15) is 0 Å². The van der Waals surface area contributed by atoms with E-state index in [4.69, 9.17) is 0 Å². The number of rotatable bonds is 3. The summed E-state index contributed by atoms with van der Waals surface area (Å²) in [5.41, 5.74) is 2.45. The van der Waals surface area contributed by atoms with Gasteiger partial charge < -0.3 is 9.80 Å². The maximum atomic E-state index is 12.3. The maximum absolute atomic E-state index is 12.3. The van der Waals surface area contributed by atoms with E-state index >= 15 is 0 Å². The fraction of sp³-hybridized carbons (Fsp3) is 0.611. The van der Waals surface area contributed by atoms with Crippen molar-refractivity contribution in [3.63, 3.8) is 0 Å². The van der Waals surface area contributed by atoms with Gasteiger partial charge in [0.15, 0.2) is 0 Å². The molecule has 2 aliphatic heterocycles. The molecule has 2 heterocycles. The van der Waals surface area contributed by atoms with Crippen molar-refractivity contribution < 1.29 is 4.79 Å². The Morgan fingerprint density at radius 1 is 0.810 bits per heavy atom. The lowest BCUT2D eigenvalue weighted by Gasteiger charge is -2.29. The summed E-state index contributed by atoms with van der Waals surface area (Å²) in [7, 11) is 0. The Morgan fingerprint density at radius 2 is 1.38 bits per heavy atom. The Morgan fingerprint density at radius 3 is 2.00 bits per heavy atom. The van der Waals surface area contributed by atoms with Crippen molar-refractivity contribution in [1.29, 1.82) is 0 Å². The third kappa shape index (κ3) is 3.78. The topological polar surface area (TPSA) is 23.6 Å². The number of piperidine rings is 2. The summed E-state index contributed by atoms with van der Waals surface area (Å²) in [6.45, 7) is 4.24. The number of carbonyl (C=O) groups excluding carboxylic acids is 1. The Kier molecular flexibility index (Phi) is 4.79. The first-order chi connectivity index (χ1) is 10.3. The van der Waals surface area contributed by atoms with Gasteiger partial charge in [0.25, 0.3) is 0 Å². The minimum absolute atomic E-state index is 0.292. The average molecular weight is 286 g/mol. The lowest BCUT2D eigenvalue weighted by molar-refractivity contribution is -0.131. The Labute approximate surface area is 127 Å². The molecule has 0 bridgehead atoms.